The zero-order valence-corrected chi connectivity index (χ0v) is 21.4. The van der Waals surface area contributed by atoms with Gasteiger partial charge < -0.3 is 9.30 Å². The van der Waals surface area contributed by atoms with E-state index in [0.29, 0.717) is 29.5 Å². The molecule has 0 spiro atoms. The number of allylic oxidation sites excluding steroid dienone is 1. The van der Waals surface area contributed by atoms with Gasteiger partial charge in [0.1, 0.15) is 23.7 Å². The van der Waals surface area contributed by atoms with Gasteiger partial charge >= 0.3 is 5.76 Å². The van der Waals surface area contributed by atoms with Gasteiger partial charge in [-0.1, -0.05) is 60.1 Å². The maximum atomic E-state index is 11.7. The number of hydrogen-bond acceptors (Lipinski definition) is 6. The van der Waals surface area contributed by atoms with Crippen molar-refractivity contribution in [2.45, 2.75) is 40.3 Å². The maximum absolute atomic E-state index is 11.7. The molecule has 0 saturated heterocycles. The van der Waals surface area contributed by atoms with Gasteiger partial charge in [-0.25, -0.2) is 14.8 Å². The Bertz CT molecular complexity index is 1760. The number of hydrogen-bond donors (Lipinski definition) is 1. The molecule has 5 aromatic rings. The summed E-state index contributed by atoms with van der Waals surface area (Å²) in [6.45, 7) is 6.92. The molecule has 0 amide bonds. The third-order valence-electron chi connectivity index (χ3n) is 6.68. The third kappa shape index (κ3) is 4.03. The molecule has 6 rings (SSSR count). The van der Waals surface area contributed by atoms with E-state index in [1.54, 1.807) is 0 Å². The molecule has 1 aliphatic heterocycles. The molecule has 0 bridgehead atoms. The smallest absolute Gasteiger partial charge is 0.439 e. The van der Waals surface area contributed by atoms with E-state index in [4.69, 9.17) is 30.8 Å². The summed E-state index contributed by atoms with van der Waals surface area (Å²) in [5.41, 5.74) is 8.10. The summed E-state index contributed by atoms with van der Waals surface area (Å²) in [6.07, 6.45) is 0.754. The molecule has 0 aliphatic carbocycles. The van der Waals surface area contributed by atoms with Gasteiger partial charge in [0.05, 0.1) is 11.6 Å². The Kier molecular flexibility index (Phi) is 5.68. The van der Waals surface area contributed by atoms with Gasteiger partial charge in [-0.05, 0) is 48.2 Å². The predicted octanol–water partition coefficient (Wildman–Crippen LogP) is 5.55. The van der Waals surface area contributed by atoms with Crippen LogP contribution in [0.1, 0.15) is 53.4 Å². The van der Waals surface area contributed by atoms with Crippen molar-refractivity contribution in [3.63, 3.8) is 0 Å². The summed E-state index contributed by atoms with van der Waals surface area (Å²) in [4.78, 5) is 23.8. The number of benzene rings is 2. The van der Waals surface area contributed by atoms with E-state index in [1.165, 1.54) is 0 Å². The van der Waals surface area contributed by atoms with Crippen LogP contribution in [0, 0.1) is 6.92 Å². The van der Waals surface area contributed by atoms with Gasteiger partial charge in [-0.15, -0.1) is 0 Å². The number of nitrogens with zero attached hydrogens (tertiary/aromatic N) is 4. The highest BCUT2D eigenvalue weighted by molar-refractivity contribution is 6.34. The summed E-state index contributed by atoms with van der Waals surface area (Å²) >= 11 is 6.49. The number of ether oxygens (including phenoxy) is 1. The molecule has 1 aliphatic rings. The zero-order chi connectivity index (χ0) is 25.7. The van der Waals surface area contributed by atoms with Gasteiger partial charge in [0.15, 0.2) is 11.5 Å². The van der Waals surface area contributed by atoms with Crippen LogP contribution in [0.5, 0.6) is 5.75 Å². The largest absolute Gasteiger partial charge is 0.488 e. The molecule has 4 heterocycles. The lowest BCUT2D eigenvalue weighted by Crippen LogP contribution is -2.06. The van der Waals surface area contributed by atoms with Crippen molar-refractivity contribution in [1.29, 1.82) is 0 Å². The molecule has 0 fully saturated rings. The summed E-state index contributed by atoms with van der Waals surface area (Å²) < 4.78 is 13.2. The second-order valence-electron chi connectivity index (χ2n) is 9.11. The minimum atomic E-state index is -0.591. The molecular weight excluding hydrogens is 490 g/mol. The topological polar surface area (TPSA) is 98.8 Å². The van der Waals surface area contributed by atoms with Crippen LogP contribution >= 0.6 is 11.6 Å². The van der Waals surface area contributed by atoms with Crippen LogP contribution in [0.25, 0.3) is 22.3 Å². The van der Waals surface area contributed by atoms with Crippen molar-refractivity contribution < 1.29 is 9.26 Å². The van der Waals surface area contributed by atoms with Gasteiger partial charge in [-0.2, -0.15) is 0 Å². The molecular formula is C28H24ClN5O3. The molecule has 1 N–H and O–H groups in total. The van der Waals surface area contributed by atoms with Gasteiger partial charge in [0.2, 0.25) is 0 Å². The molecule has 0 saturated carbocycles. The highest BCUT2D eigenvalue weighted by Gasteiger charge is 2.24. The van der Waals surface area contributed by atoms with Crippen molar-refractivity contribution in [2.24, 2.45) is 0 Å². The quantitative estimate of drug-likeness (QED) is 0.338. The minimum Gasteiger partial charge on any atom is -0.488 e. The number of imidazole rings is 1. The molecule has 0 unspecified atom stereocenters. The van der Waals surface area contributed by atoms with E-state index >= 15 is 0 Å². The number of aromatic amines is 1. The van der Waals surface area contributed by atoms with Crippen LogP contribution in [-0.4, -0.2) is 24.7 Å². The molecule has 8 nitrogen and oxygen atoms in total. The van der Waals surface area contributed by atoms with E-state index < -0.39 is 5.76 Å². The number of fused-ring (bicyclic) bond motifs is 3. The Hall–Kier alpha value is -4.17. The molecule has 3 aromatic heterocycles. The Morgan fingerprint density at radius 2 is 1.97 bits per heavy atom. The first-order valence-electron chi connectivity index (χ1n) is 12.1. The Morgan fingerprint density at radius 3 is 2.76 bits per heavy atom. The van der Waals surface area contributed by atoms with Crippen LogP contribution < -0.4 is 10.5 Å². The third-order valence-corrected chi connectivity index (χ3v) is 6.96. The predicted molar refractivity (Wildman–Crippen MR) is 142 cm³/mol. The fourth-order valence-corrected chi connectivity index (χ4v) is 5.21. The molecule has 186 valence electrons. The summed E-state index contributed by atoms with van der Waals surface area (Å²) in [5.74, 6) is 1.47. The van der Waals surface area contributed by atoms with Crippen LogP contribution in [0.15, 0.2) is 57.8 Å². The second-order valence-corrected chi connectivity index (χ2v) is 9.51. The van der Waals surface area contributed by atoms with E-state index in [9.17, 15) is 4.79 Å². The number of halogens is 1. The summed E-state index contributed by atoms with van der Waals surface area (Å²) in [5, 5.41) is 4.53. The Labute approximate surface area is 217 Å². The minimum absolute atomic E-state index is 0.391. The number of H-pyrrole nitrogens is 1. The molecule has 37 heavy (non-hydrogen) atoms. The molecule has 2 aromatic carbocycles. The lowest BCUT2D eigenvalue weighted by atomic mass is 9.90. The van der Waals surface area contributed by atoms with Crippen molar-refractivity contribution >= 4 is 33.9 Å². The van der Waals surface area contributed by atoms with E-state index in [2.05, 4.69) is 45.9 Å². The number of rotatable bonds is 4. The van der Waals surface area contributed by atoms with Crippen molar-refractivity contribution in [2.75, 3.05) is 0 Å². The summed E-state index contributed by atoms with van der Waals surface area (Å²) in [6, 6.07) is 16.1. The SMILES string of the molecule is CCc1nc2c(Cl)cc(C)nc2n1Cc1ccc2c(c1)OCc1ccccc1/C2=C(\C)c1noc(=O)[nH]1. The van der Waals surface area contributed by atoms with Gasteiger partial charge in [0, 0.05) is 23.3 Å². The first-order valence-corrected chi connectivity index (χ1v) is 12.4. The van der Waals surface area contributed by atoms with Crippen LogP contribution in [0.4, 0.5) is 0 Å². The van der Waals surface area contributed by atoms with Crippen molar-refractivity contribution in [3.05, 3.63) is 104 Å². The van der Waals surface area contributed by atoms with Gasteiger partial charge in [0.25, 0.3) is 0 Å². The number of aromatic nitrogens is 5. The van der Waals surface area contributed by atoms with Crippen molar-refractivity contribution in [3.8, 4) is 5.75 Å². The first-order chi connectivity index (χ1) is 17.9. The fourth-order valence-electron chi connectivity index (χ4n) is 4.93. The highest BCUT2D eigenvalue weighted by atomic mass is 35.5. The van der Waals surface area contributed by atoms with E-state index in [0.717, 1.165) is 62.7 Å². The molecule has 0 atom stereocenters. The number of nitrogens with one attached hydrogen (secondary N) is 1. The zero-order valence-electron chi connectivity index (χ0n) is 20.6. The van der Waals surface area contributed by atoms with Crippen LogP contribution in [0.3, 0.4) is 0 Å². The summed E-state index contributed by atoms with van der Waals surface area (Å²) in [7, 11) is 0. The van der Waals surface area contributed by atoms with Crippen LogP contribution in [0.2, 0.25) is 5.02 Å². The first kappa shape index (κ1) is 23.2. The Balaban J connectivity index is 1.49. The molecule has 0 radical (unpaired) electrons. The average Bonchev–Trinajstić information content (AvgIpc) is 3.43. The fraction of sp³-hybridized carbons (Fsp3) is 0.214. The van der Waals surface area contributed by atoms with Gasteiger partial charge in [-0.3, -0.25) is 9.51 Å². The average molecular weight is 514 g/mol. The monoisotopic (exact) mass is 513 g/mol. The van der Waals surface area contributed by atoms with E-state index in [-0.39, 0.29) is 0 Å². The number of pyridine rings is 1. The number of aryl methyl sites for hydroxylation is 2. The molecule has 9 heteroatoms. The van der Waals surface area contributed by atoms with Crippen molar-refractivity contribution in [1.82, 2.24) is 24.7 Å². The highest BCUT2D eigenvalue weighted by Crippen LogP contribution is 2.41. The second kappa shape index (κ2) is 9.05. The lowest BCUT2D eigenvalue weighted by molar-refractivity contribution is 0.307. The standard InChI is InChI=1S/C28H24ClN5O3/c1-4-23-31-25-21(29)11-15(2)30-27(25)34(23)13-17-9-10-20-22(12-17)36-14-18-7-5-6-8-19(18)24(20)16(3)26-32-28(35)37-33-26/h5-12H,4,13-14H2,1-3H3,(H,32,33,35)/b24-16-. The Morgan fingerprint density at radius 1 is 1.14 bits per heavy atom. The lowest BCUT2D eigenvalue weighted by Gasteiger charge is -2.15. The van der Waals surface area contributed by atoms with E-state index in [1.807, 2.05) is 38.1 Å². The van der Waals surface area contributed by atoms with Crippen LogP contribution in [-0.2, 0) is 19.6 Å². The normalized spacial score (nSPS) is 14.2. The maximum Gasteiger partial charge on any atom is 0.439 e.